The molecule has 0 aliphatic carbocycles. The molecule has 0 heterocycles. The zero-order valence-corrected chi connectivity index (χ0v) is 9.91. The lowest BCUT2D eigenvalue weighted by molar-refractivity contribution is -0.146. The highest BCUT2D eigenvalue weighted by atomic mass is 16.4. The van der Waals surface area contributed by atoms with E-state index in [0.29, 0.717) is 12.8 Å². The van der Waals surface area contributed by atoms with Gasteiger partial charge in [0.15, 0.2) is 0 Å². The number of hydrogen-bond donors (Lipinski definition) is 2. The summed E-state index contributed by atoms with van der Waals surface area (Å²) < 4.78 is 0. The third kappa shape index (κ3) is 6.50. The zero-order valence-electron chi connectivity index (χ0n) is 9.91. The average Bonchev–Trinajstić information content (AvgIpc) is 2.22. The molecule has 15 heavy (non-hydrogen) atoms. The maximum atomic E-state index is 10.9. The Morgan fingerprint density at radius 2 is 1.73 bits per heavy atom. The summed E-state index contributed by atoms with van der Waals surface area (Å²) in [6.45, 7) is 3.97. The fraction of sp³-hybridized carbons (Fsp3) is 0.917. The van der Waals surface area contributed by atoms with Gasteiger partial charge in [0.25, 0.3) is 0 Å². The van der Waals surface area contributed by atoms with Crippen LogP contribution in [0.3, 0.4) is 0 Å². The minimum absolute atomic E-state index is 0.520. The molecule has 0 rings (SSSR count). The summed E-state index contributed by atoms with van der Waals surface area (Å²) in [6.07, 6.45) is 6.01. The minimum atomic E-state index is -0.861. The molecule has 0 saturated carbocycles. The zero-order chi connectivity index (χ0) is 11.7. The van der Waals surface area contributed by atoms with Crippen molar-refractivity contribution in [2.24, 2.45) is 5.92 Å². The minimum Gasteiger partial charge on any atom is -0.481 e. The van der Waals surface area contributed by atoms with Crippen LogP contribution in [0.25, 0.3) is 0 Å². The molecule has 2 atom stereocenters. The second kappa shape index (κ2) is 8.72. The topological polar surface area (TPSA) is 57.5 Å². The van der Waals surface area contributed by atoms with E-state index in [1.807, 2.05) is 6.92 Å². The Balaban J connectivity index is 3.72. The van der Waals surface area contributed by atoms with Crippen molar-refractivity contribution < 1.29 is 15.0 Å². The van der Waals surface area contributed by atoms with Crippen molar-refractivity contribution in [3.05, 3.63) is 0 Å². The smallest absolute Gasteiger partial charge is 0.309 e. The number of carboxylic acid groups (broad SMARTS) is 1. The number of carboxylic acids is 1. The van der Waals surface area contributed by atoms with Crippen LogP contribution in [-0.4, -0.2) is 22.3 Å². The number of hydrogen-bond acceptors (Lipinski definition) is 2. The Hall–Kier alpha value is -0.570. The number of aliphatic carboxylic acids is 1. The Labute approximate surface area is 92.5 Å². The predicted octanol–water partition coefficient (Wildman–Crippen LogP) is 2.82. The van der Waals surface area contributed by atoms with Gasteiger partial charge in [-0.3, -0.25) is 4.79 Å². The van der Waals surface area contributed by atoms with Gasteiger partial charge in [-0.15, -0.1) is 0 Å². The molecule has 0 aromatic rings. The molecule has 90 valence electrons. The SMILES string of the molecule is CCCCCCCC(C(=O)O)C(O)CC. The number of unbranched alkanes of at least 4 members (excludes halogenated alkanes) is 4. The van der Waals surface area contributed by atoms with Crippen molar-refractivity contribution in [1.82, 2.24) is 0 Å². The molecule has 0 fully saturated rings. The molecule has 0 saturated heterocycles. The van der Waals surface area contributed by atoms with E-state index in [0.717, 1.165) is 12.8 Å². The maximum Gasteiger partial charge on any atom is 0.309 e. The molecule has 0 aliphatic heterocycles. The van der Waals surface area contributed by atoms with Crippen LogP contribution in [0.4, 0.5) is 0 Å². The van der Waals surface area contributed by atoms with Gasteiger partial charge < -0.3 is 10.2 Å². The quantitative estimate of drug-likeness (QED) is 0.583. The van der Waals surface area contributed by atoms with Crippen molar-refractivity contribution in [3.8, 4) is 0 Å². The monoisotopic (exact) mass is 216 g/mol. The first-order valence-electron chi connectivity index (χ1n) is 6.04. The average molecular weight is 216 g/mol. The molecule has 0 spiro atoms. The van der Waals surface area contributed by atoms with Gasteiger partial charge in [-0.25, -0.2) is 0 Å². The summed E-state index contributed by atoms with van der Waals surface area (Å²) in [7, 11) is 0. The van der Waals surface area contributed by atoms with Crippen LogP contribution < -0.4 is 0 Å². The summed E-state index contributed by atoms with van der Waals surface area (Å²) in [4.78, 5) is 10.9. The Morgan fingerprint density at radius 3 is 2.20 bits per heavy atom. The highest BCUT2D eigenvalue weighted by Crippen LogP contribution is 2.17. The fourth-order valence-electron chi connectivity index (χ4n) is 1.73. The van der Waals surface area contributed by atoms with Crippen LogP contribution in [0, 0.1) is 5.92 Å². The van der Waals surface area contributed by atoms with Crippen molar-refractivity contribution in [1.29, 1.82) is 0 Å². The summed E-state index contributed by atoms with van der Waals surface area (Å²) in [5.74, 6) is -1.43. The number of aliphatic hydroxyl groups excluding tert-OH is 1. The van der Waals surface area contributed by atoms with Gasteiger partial charge in [0.1, 0.15) is 0 Å². The van der Waals surface area contributed by atoms with Gasteiger partial charge in [-0.2, -0.15) is 0 Å². The molecule has 0 radical (unpaired) electrons. The molecule has 3 nitrogen and oxygen atoms in total. The highest BCUT2D eigenvalue weighted by molar-refractivity contribution is 5.70. The van der Waals surface area contributed by atoms with Gasteiger partial charge in [0, 0.05) is 0 Å². The highest BCUT2D eigenvalue weighted by Gasteiger charge is 2.24. The summed E-state index contributed by atoms with van der Waals surface area (Å²) in [5, 5.41) is 18.4. The van der Waals surface area contributed by atoms with Gasteiger partial charge >= 0.3 is 5.97 Å². The van der Waals surface area contributed by atoms with Crippen LogP contribution in [0.1, 0.15) is 58.8 Å². The molecule has 3 heteroatoms. The van der Waals surface area contributed by atoms with Gasteiger partial charge in [-0.05, 0) is 12.8 Å². The molecular weight excluding hydrogens is 192 g/mol. The molecule has 0 aromatic carbocycles. The first-order valence-corrected chi connectivity index (χ1v) is 6.04. The maximum absolute atomic E-state index is 10.9. The van der Waals surface area contributed by atoms with Crippen molar-refractivity contribution >= 4 is 5.97 Å². The molecule has 2 unspecified atom stereocenters. The third-order valence-electron chi connectivity index (χ3n) is 2.82. The number of rotatable bonds is 9. The predicted molar refractivity (Wildman–Crippen MR) is 60.8 cm³/mol. The normalized spacial score (nSPS) is 14.9. The molecule has 0 amide bonds. The van der Waals surface area contributed by atoms with Crippen LogP contribution in [0.5, 0.6) is 0 Å². The third-order valence-corrected chi connectivity index (χ3v) is 2.82. The van der Waals surface area contributed by atoms with Gasteiger partial charge in [-0.1, -0.05) is 46.0 Å². The van der Waals surface area contributed by atoms with E-state index < -0.39 is 18.0 Å². The number of carbonyl (C=O) groups is 1. The van der Waals surface area contributed by atoms with Gasteiger partial charge in [0.05, 0.1) is 12.0 Å². The summed E-state index contributed by atoms with van der Waals surface area (Å²) in [5.41, 5.74) is 0. The van der Waals surface area contributed by atoms with E-state index in [9.17, 15) is 9.90 Å². The summed E-state index contributed by atoms with van der Waals surface area (Å²) in [6, 6.07) is 0. The number of aliphatic hydroxyl groups is 1. The second-order valence-corrected chi connectivity index (χ2v) is 4.12. The van der Waals surface area contributed by atoms with E-state index in [-0.39, 0.29) is 0 Å². The van der Waals surface area contributed by atoms with Crippen molar-refractivity contribution in [2.75, 3.05) is 0 Å². The van der Waals surface area contributed by atoms with Crippen LogP contribution in [0.2, 0.25) is 0 Å². The molecule has 0 aliphatic rings. The fourth-order valence-corrected chi connectivity index (χ4v) is 1.73. The lowest BCUT2D eigenvalue weighted by Crippen LogP contribution is -2.27. The Bertz CT molecular complexity index is 168. The van der Waals surface area contributed by atoms with E-state index >= 15 is 0 Å². The Kier molecular flexibility index (Phi) is 8.38. The molecule has 0 aromatic heterocycles. The summed E-state index contributed by atoms with van der Waals surface area (Å²) >= 11 is 0. The van der Waals surface area contributed by atoms with Gasteiger partial charge in [0.2, 0.25) is 0 Å². The van der Waals surface area contributed by atoms with Crippen LogP contribution in [-0.2, 0) is 4.79 Å². The first kappa shape index (κ1) is 14.4. The van der Waals surface area contributed by atoms with E-state index in [2.05, 4.69) is 6.92 Å². The van der Waals surface area contributed by atoms with E-state index in [1.54, 1.807) is 0 Å². The van der Waals surface area contributed by atoms with Crippen molar-refractivity contribution in [2.45, 2.75) is 64.9 Å². The molecule has 2 N–H and O–H groups in total. The largest absolute Gasteiger partial charge is 0.481 e. The standard InChI is InChI=1S/C12H24O3/c1-3-5-6-7-8-9-10(12(14)15)11(13)4-2/h10-11,13H,3-9H2,1-2H3,(H,14,15). The lowest BCUT2D eigenvalue weighted by atomic mass is 9.94. The first-order chi connectivity index (χ1) is 7.13. The lowest BCUT2D eigenvalue weighted by Gasteiger charge is -2.17. The van der Waals surface area contributed by atoms with Crippen LogP contribution >= 0.6 is 0 Å². The Morgan fingerprint density at radius 1 is 1.13 bits per heavy atom. The van der Waals surface area contributed by atoms with E-state index in [4.69, 9.17) is 5.11 Å². The molecule has 0 bridgehead atoms. The van der Waals surface area contributed by atoms with Crippen molar-refractivity contribution in [3.63, 3.8) is 0 Å². The second-order valence-electron chi connectivity index (χ2n) is 4.12. The van der Waals surface area contributed by atoms with Crippen LogP contribution in [0.15, 0.2) is 0 Å². The molecular formula is C12H24O3. The van der Waals surface area contributed by atoms with E-state index in [1.165, 1.54) is 19.3 Å².